The van der Waals surface area contributed by atoms with Gasteiger partial charge in [0.15, 0.2) is 0 Å². The fraction of sp³-hybridized carbons (Fsp3) is 0.0667. The van der Waals surface area contributed by atoms with Gasteiger partial charge < -0.3 is 5.32 Å². The molecule has 0 saturated heterocycles. The maximum atomic E-state index is 11.9. The number of carbonyl (C=O) groups is 1. The largest absolute Gasteiger partial charge is 0.324 e. The number of rotatable bonds is 2. The molecule has 0 saturated carbocycles. The van der Waals surface area contributed by atoms with Gasteiger partial charge >= 0.3 is 0 Å². The van der Waals surface area contributed by atoms with Crippen LogP contribution in [-0.4, -0.2) is 16.5 Å². The van der Waals surface area contributed by atoms with Crippen LogP contribution < -0.4 is 5.32 Å². The van der Waals surface area contributed by atoms with E-state index in [4.69, 9.17) is 0 Å². The smallest absolute Gasteiger partial charge is 0.271 e. The third-order valence-electron chi connectivity index (χ3n) is 3.16. The normalized spacial score (nSPS) is 13.7. The van der Waals surface area contributed by atoms with Gasteiger partial charge in [0.1, 0.15) is 0 Å². The van der Waals surface area contributed by atoms with Crippen molar-refractivity contribution >= 4 is 28.7 Å². The molecule has 1 N–H and O–H groups in total. The Morgan fingerprint density at radius 3 is 2.62 bits per heavy atom. The Morgan fingerprint density at radius 1 is 1.14 bits per heavy atom. The fourth-order valence-electron chi connectivity index (χ4n) is 2.16. The van der Waals surface area contributed by atoms with Crippen LogP contribution in [0.2, 0.25) is 0 Å². The van der Waals surface area contributed by atoms with Gasteiger partial charge in [-0.25, -0.2) is 0 Å². The van der Waals surface area contributed by atoms with E-state index in [0.29, 0.717) is 17.1 Å². The number of nitro groups is 1. The summed E-state index contributed by atoms with van der Waals surface area (Å²) in [5, 5.41) is 13.5. The third kappa shape index (κ3) is 2.64. The van der Waals surface area contributed by atoms with Gasteiger partial charge in [0.2, 0.25) is 5.91 Å². The van der Waals surface area contributed by atoms with Crippen molar-refractivity contribution in [2.24, 2.45) is 4.99 Å². The first kappa shape index (κ1) is 13.0. The first-order chi connectivity index (χ1) is 10.1. The van der Waals surface area contributed by atoms with Crippen LogP contribution in [0.15, 0.2) is 53.5 Å². The maximum Gasteiger partial charge on any atom is 0.271 e. The van der Waals surface area contributed by atoms with Crippen molar-refractivity contribution in [1.29, 1.82) is 0 Å². The lowest BCUT2D eigenvalue weighted by Crippen LogP contribution is -2.14. The molecule has 0 radical (unpaired) electrons. The molecule has 0 atom stereocenters. The van der Waals surface area contributed by atoms with Crippen molar-refractivity contribution in [2.75, 3.05) is 5.32 Å². The average Bonchev–Trinajstić information content (AvgIpc) is 2.65. The van der Waals surface area contributed by atoms with E-state index in [1.807, 2.05) is 30.3 Å². The molecule has 1 heterocycles. The highest BCUT2D eigenvalue weighted by atomic mass is 16.6. The minimum atomic E-state index is -0.501. The zero-order valence-electron chi connectivity index (χ0n) is 10.9. The van der Waals surface area contributed by atoms with E-state index in [0.717, 1.165) is 5.56 Å². The van der Waals surface area contributed by atoms with E-state index < -0.39 is 4.92 Å². The Bertz CT molecular complexity index is 754. The molecule has 3 rings (SSSR count). The standard InChI is InChI=1S/C15H11N3O3/c19-15-9-13(10-4-2-1-3-5-10)16-12-7-6-11(18(20)21)8-14(12)17-15/h1-8H,9H2,(H,17,19). The monoisotopic (exact) mass is 281 g/mol. The van der Waals surface area contributed by atoms with Crippen molar-refractivity contribution < 1.29 is 9.72 Å². The lowest BCUT2D eigenvalue weighted by molar-refractivity contribution is -0.384. The number of fused-ring (bicyclic) bond motifs is 1. The van der Waals surface area contributed by atoms with Gasteiger partial charge in [-0.2, -0.15) is 0 Å². The molecule has 1 aliphatic rings. The molecule has 0 bridgehead atoms. The molecule has 1 aliphatic heterocycles. The summed E-state index contributed by atoms with van der Waals surface area (Å²) in [6, 6.07) is 13.6. The van der Waals surface area contributed by atoms with Crippen LogP contribution in [0.5, 0.6) is 0 Å². The van der Waals surface area contributed by atoms with E-state index in [2.05, 4.69) is 10.3 Å². The van der Waals surface area contributed by atoms with Crippen molar-refractivity contribution in [1.82, 2.24) is 0 Å². The minimum Gasteiger partial charge on any atom is -0.324 e. The average molecular weight is 281 g/mol. The van der Waals surface area contributed by atoms with Gasteiger partial charge in [-0.3, -0.25) is 19.9 Å². The van der Waals surface area contributed by atoms with E-state index in [-0.39, 0.29) is 18.0 Å². The number of non-ortho nitro benzene ring substituents is 1. The quantitative estimate of drug-likeness (QED) is 0.678. The summed E-state index contributed by atoms with van der Waals surface area (Å²) in [6.07, 6.45) is 0.131. The lowest BCUT2D eigenvalue weighted by Gasteiger charge is -2.03. The van der Waals surface area contributed by atoms with Crippen LogP contribution in [-0.2, 0) is 4.79 Å². The molecule has 0 aliphatic carbocycles. The van der Waals surface area contributed by atoms with E-state index >= 15 is 0 Å². The summed E-state index contributed by atoms with van der Waals surface area (Å²) < 4.78 is 0. The number of benzene rings is 2. The van der Waals surface area contributed by atoms with E-state index in [1.165, 1.54) is 12.1 Å². The van der Waals surface area contributed by atoms with Gasteiger partial charge in [0.05, 0.1) is 28.4 Å². The second-order valence-electron chi connectivity index (χ2n) is 4.61. The Morgan fingerprint density at radius 2 is 1.90 bits per heavy atom. The Hall–Kier alpha value is -3.02. The van der Waals surface area contributed by atoms with Crippen molar-refractivity contribution in [3.05, 3.63) is 64.2 Å². The number of aliphatic imine (C=N–C) groups is 1. The van der Waals surface area contributed by atoms with Crippen molar-refractivity contribution in [3.63, 3.8) is 0 Å². The predicted octanol–water partition coefficient (Wildman–Crippen LogP) is 3.06. The van der Waals surface area contributed by atoms with Crippen molar-refractivity contribution in [3.8, 4) is 0 Å². The lowest BCUT2D eigenvalue weighted by atomic mass is 10.1. The summed E-state index contributed by atoms with van der Waals surface area (Å²) in [4.78, 5) is 26.7. The molecule has 0 aromatic heterocycles. The third-order valence-corrected chi connectivity index (χ3v) is 3.16. The maximum absolute atomic E-state index is 11.9. The number of hydrogen-bond donors (Lipinski definition) is 1. The number of nitro benzene ring substituents is 1. The van der Waals surface area contributed by atoms with Gasteiger partial charge in [0.25, 0.3) is 5.69 Å². The van der Waals surface area contributed by atoms with Crippen LogP contribution >= 0.6 is 0 Å². The second kappa shape index (κ2) is 5.16. The van der Waals surface area contributed by atoms with Crippen LogP contribution in [0.1, 0.15) is 12.0 Å². The van der Waals surface area contributed by atoms with Crippen molar-refractivity contribution in [2.45, 2.75) is 6.42 Å². The number of hydrogen-bond acceptors (Lipinski definition) is 4. The number of nitrogens with one attached hydrogen (secondary N) is 1. The molecule has 0 unspecified atom stereocenters. The molecule has 2 aromatic rings. The highest BCUT2D eigenvalue weighted by molar-refractivity contribution is 6.16. The first-order valence-corrected chi connectivity index (χ1v) is 6.35. The molecule has 21 heavy (non-hydrogen) atoms. The number of amides is 1. The van der Waals surface area contributed by atoms with Crippen LogP contribution in [0.3, 0.4) is 0 Å². The summed E-state index contributed by atoms with van der Waals surface area (Å²) in [5.41, 5.74) is 2.30. The number of nitrogens with zero attached hydrogens (tertiary/aromatic N) is 2. The molecule has 6 nitrogen and oxygen atoms in total. The number of anilines is 1. The summed E-state index contributed by atoms with van der Waals surface area (Å²) in [6.45, 7) is 0. The van der Waals surface area contributed by atoms with Crippen LogP contribution in [0.4, 0.5) is 17.1 Å². The minimum absolute atomic E-state index is 0.0765. The molecular weight excluding hydrogens is 270 g/mol. The summed E-state index contributed by atoms with van der Waals surface area (Å²) in [5.74, 6) is -0.239. The summed E-state index contributed by atoms with van der Waals surface area (Å²) >= 11 is 0. The van der Waals surface area contributed by atoms with Gasteiger partial charge in [-0.05, 0) is 11.6 Å². The van der Waals surface area contributed by atoms with Gasteiger partial charge in [0, 0.05) is 12.1 Å². The highest BCUT2D eigenvalue weighted by Gasteiger charge is 2.19. The molecule has 0 fully saturated rings. The molecule has 1 amide bonds. The van der Waals surface area contributed by atoms with Crippen LogP contribution in [0, 0.1) is 10.1 Å². The topological polar surface area (TPSA) is 84.6 Å². The van der Waals surface area contributed by atoms with E-state index in [1.54, 1.807) is 6.07 Å². The predicted molar refractivity (Wildman–Crippen MR) is 79.0 cm³/mol. The Kier molecular flexibility index (Phi) is 3.19. The summed E-state index contributed by atoms with van der Waals surface area (Å²) in [7, 11) is 0. The molecular formula is C15H11N3O3. The second-order valence-corrected chi connectivity index (χ2v) is 4.61. The molecule has 104 valence electrons. The molecule has 6 heteroatoms. The SMILES string of the molecule is O=C1CC(c2ccccc2)=Nc2ccc([N+](=O)[O-])cc2N1. The number of carbonyl (C=O) groups excluding carboxylic acids is 1. The highest BCUT2D eigenvalue weighted by Crippen LogP contribution is 2.32. The van der Waals surface area contributed by atoms with E-state index in [9.17, 15) is 14.9 Å². The fourth-order valence-corrected chi connectivity index (χ4v) is 2.16. The molecule has 2 aromatic carbocycles. The van der Waals surface area contributed by atoms with Gasteiger partial charge in [-0.15, -0.1) is 0 Å². The zero-order valence-corrected chi connectivity index (χ0v) is 10.9. The van der Waals surface area contributed by atoms with Crippen LogP contribution in [0.25, 0.3) is 0 Å². The Balaban J connectivity index is 2.09. The zero-order chi connectivity index (χ0) is 14.8. The van der Waals surface area contributed by atoms with Gasteiger partial charge in [-0.1, -0.05) is 30.3 Å². The first-order valence-electron chi connectivity index (χ1n) is 6.35. The molecule has 0 spiro atoms. The Labute approximate surface area is 120 Å².